The average Bonchev–Trinajstić information content (AvgIpc) is 3.06. The molecular formula is C14H13N3OS2. The van der Waals surface area contributed by atoms with Crippen LogP contribution in [-0.4, -0.2) is 9.97 Å². The number of para-hydroxylation sites is 1. The first-order chi connectivity index (χ1) is 9.72. The Hall–Kier alpha value is -1.92. The molecule has 2 heterocycles. The van der Waals surface area contributed by atoms with Crippen LogP contribution in [0.5, 0.6) is 5.75 Å². The zero-order valence-electron chi connectivity index (χ0n) is 10.9. The number of hydrogen-bond acceptors (Lipinski definition) is 6. The lowest BCUT2D eigenvalue weighted by atomic mass is 10.2. The van der Waals surface area contributed by atoms with Gasteiger partial charge < -0.3 is 10.5 Å². The largest absolute Gasteiger partial charge is 0.486 e. The van der Waals surface area contributed by atoms with Crippen LogP contribution in [0.4, 0.5) is 5.13 Å². The van der Waals surface area contributed by atoms with Crippen molar-refractivity contribution in [1.29, 1.82) is 0 Å². The van der Waals surface area contributed by atoms with Crippen molar-refractivity contribution in [3.8, 4) is 16.3 Å². The average molecular weight is 303 g/mol. The van der Waals surface area contributed by atoms with Crippen molar-refractivity contribution in [3.63, 3.8) is 0 Å². The number of benzene rings is 1. The summed E-state index contributed by atoms with van der Waals surface area (Å²) in [4.78, 5) is 9.63. The lowest BCUT2D eigenvalue weighted by Gasteiger charge is -2.06. The quantitative estimate of drug-likeness (QED) is 0.797. The molecule has 0 aliphatic carbocycles. The summed E-state index contributed by atoms with van der Waals surface area (Å²) in [5.41, 5.74) is 7.64. The molecule has 0 atom stereocenters. The molecule has 2 aromatic heterocycles. The van der Waals surface area contributed by atoms with E-state index in [0.29, 0.717) is 11.7 Å². The maximum Gasteiger partial charge on any atom is 0.180 e. The van der Waals surface area contributed by atoms with E-state index in [1.807, 2.05) is 42.8 Å². The first kappa shape index (κ1) is 13.1. The van der Waals surface area contributed by atoms with E-state index in [9.17, 15) is 0 Å². The zero-order chi connectivity index (χ0) is 13.9. The van der Waals surface area contributed by atoms with Crippen LogP contribution in [0.15, 0.2) is 35.8 Å². The molecular weight excluding hydrogens is 290 g/mol. The highest BCUT2D eigenvalue weighted by Gasteiger charge is 2.08. The van der Waals surface area contributed by atoms with Crippen molar-refractivity contribution in [1.82, 2.24) is 9.97 Å². The fourth-order valence-electron chi connectivity index (χ4n) is 1.75. The van der Waals surface area contributed by atoms with Gasteiger partial charge in [0.25, 0.3) is 0 Å². The minimum atomic E-state index is 0.467. The minimum absolute atomic E-state index is 0.467. The predicted octanol–water partition coefficient (Wildman–Crippen LogP) is 3.74. The first-order valence-electron chi connectivity index (χ1n) is 6.07. The van der Waals surface area contributed by atoms with Crippen LogP contribution >= 0.6 is 22.7 Å². The maximum atomic E-state index is 5.78. The molecule has 0 saturated heterocycles. The van der Waals surface area contributed by atoms with Gasteiger partial charge in [0.05, 0.1) is 10.6 Å². The molecule has 102 valence electrons. The Bertz CT molecular complexity index is 721. The zero-order valence-corrected chi connectivity index (χ0v) is 12.5. The minimum Gasteiger partial charge on any atom is -0.486 e. The van der Waals surface area contributed by atoms with Crippen LogP contribution in [0.25, 0.3) is 10.6 Å². The number of rotatable bonds is 4. The second kappa shape index (κ2) is 5.60. The molecule has 0 radical (unpaired) electrons. The standard InChI is InChI=1S/C14H13N3OS2/c1-9-4-2-3-5-11(9)18-7-13-16-6-12(20-13)10-8-19-14(15)17-10/h2-6,8H,7H2,1H3,(H2,15,17). The van der Waals surface area contributed by atoms with E-state index in [2.05, 4.69) is 9.97 Å². The van der Waals surface area contributed by atoms with Crippen molar-refractivity contribution in [2.75, 3.05) is 5.73 Å². The Morgan fingerprint density at radius 2 is 2.15 bits per heavy atom. The van der Waals surface area contributed by atoms with E-state index in [-0.39, 0.29) is 0 Å². The van der Waals surface area contributed by atoms with E-state index in [1.165, 1.54) is 11.3 Å². The first-order valence-corrected chi connectivity index (χ1v) is 7.76. The van der Waals surface area contributed by atoms with Crippen LogP contribution in [-0.2, 0) is 6.61 Å². The number of nitrogens with two attached hydrogens (primary N) is 1. The van der Waals surface area contributed by atoms with Crippen molar-refractivity contribution in [2.45, 2.75) is 13.5 Å². The number of ether oxygens (including phenoxy) is 1. The monoisotopic (exact) mass is 303 g/mol. The summed E-state index contributed by atoms with van der Waals surface area (Å²) in [6, 6.07) is 7.95. The molecule has 0 aliphatic rings. The van der Waals surface area contributed by atoms with E-state index in [1.54, 1.807) is 11.3 Å². The molecule has 20 heavy (non-hydrogen) atoms. The van der Waals surface area contributed by atoms with E-state index >= 15 is 0 Å². The summed E-state index contributed by atoms with van der Waals surface area (Å²) in [7, 11) is 0. The molecule has 0 bridgehead atoms. The fourth-order valence-corrected chi connectivity index (χ4v) is 3.18. The van der Waals surface area contributed by atoms with E-state index in [4.69, 9.17) is 10.5 Å². The van der Waals surface area contributed by atoms with Gasteiger partial charge in [-0.2, -0.15) is 0 Å². The van der Waals surface area contributed by atoms with Crippen LogP contribution in [0.2, 0.25) is 0 Å². The van der Waals surface area contributed by atoms with Gasteiger partial charge in [-0.05, 0) is 18.6 Å². The summed E-state index contributed by atoms with van der Waals surface area (Å²) in [6.07, 6.45) is 1.82. The number of hydrogen-bond donors (Lipinski definition) is 1. The molecule has 1 aromatic carbocycles. The Balaban J connectivity index is 1.70. The van der Waals surface area contributed by atoms with Crippen molar-refractivity contribution in [3.05, 3.63) is 46.4 Å². The molecule has 3 rings (SSSR count). The number of nitrogens with zero attached hydrogens (tertiary/aromatic N) is 2. The molecule has 6 heteroatoms. The number of nitrogen functional groups attached to an aromatic ring is 1. The molecule has 2 N–H and O–H groups in total. The normalized spacial score (nSPS) is 10.7. The van der Waals surface area contributed by atoms with Crippen molar-refractivity contribution >= 4 is 27.8 Å². The van der Waals surface area contributed by atoms with E-state index in [0.717, 1.165) is 26.9 Å². The van der Waals surface area contributed by atoms with Gasteiger partial charge in [0, 0.05) is 11.6 Å². The highest BCUT2D eigenvalue weighted by Crippen LogP contribution is 2.29. The van der Waals surface area contributed by atoms with Crippen molar-refractivity contribution in [2.24, 2.45) is 0 Å². The molecule has 0 amide bonds. The second-order valence-corrected chi connectivity index (χ2v) is 6.25. The lowest BCUT2D eigenvalue weighted by Crippen LogP contribution is -1.95. The highest BCUT2D eigenvalue weighted by molar-refractivity contribution is 7.16. The number of anilines is 1. The summed E-state index contributed by atoms with van der Waals surface area (Å²) < 4.78 is 5.78. The summed E-state index contributed by atoms with van der Waals surface area (Å²) in [5.74, 6) is 0.891. The molecule has 0 spiro atoms. The second-order valence-electron chi connectivity index (χ2n) is 4.24. The number of aryl methyl sites for hydroxylation is 1. The Kier molecular flexibility index (Phi) is 3.66. The predicted molar refractivity (Wildman–Crippen MR) is 83.1 cm³/mol. The SMILES string of the molecule is Cc1ccccc1OCc1ncc(-c2csc(N)n2)s1. The summed E-state index contributed by atoms with van der Waals surface area (Å²) >= 11 is 3.01. The third-order valence-electron chi connectivity index (χ3n) is 2.77. The topological polar surface area (TPSA) is 61.0 Å². The van der Waals surface area contributed by atoms with Crippen LogP contribution in [0, 0.1) is 6.92 Å². The third kappa shape index (κ3) is 2.81. The summed E-state index contributed by atoms with van der Waals surface area (Å²) in [5, 5.41) is 3.44. The van der Waals surface area contributed by atoms with Gasteiger partial charge in [-0.25, -0.2) is 9.97 Å². The van der Waals surface area contributed by atoms with Crippen molar-refractivity contribution < 1.29 is 4.74 Å². The third-order valence-corrected chi connectivity index (χ3v) is 4.44. The Morgan fingerprint density at radius 3 is 2.90 bits per heavy atom. The fraction of sp³-hybridized carbons (Fsp3) is 0.143. The molecule has 0 saturated carbocycles. The number of thiazole rings is 2. The molecule has 3 aromatic rings. The van der Waals surface area contributed by atoms with Gasteiger partial charge in [-0.15, -0.1) is 22.7 Å². The van der Waals surface area contributed by atoms with Crippen LogP contribution < -0.4 is 10.5 Å². The summed E-state index contributed by atoms with van der Waals surface area (Å²) in [6.45, 7) is 2.50. The van der Waals surface area contributed by atoms with Gasteiger partial charge in [-0.1, -0.05) is 18.2 Å². The molecule has 0 fully saturated rings. The smallest absolute Gasteiger partial charge is 0.180 e. The van der Waals surface area contributed by atoms with Gasteiger partial charge in [0.2, 0.25) is 0 Å². The van der Waals surface area contributed by atoms with Crippen LogP contribution in [0.3, 0.4) is 0 Å². The van der Waals surface area contributed by atoms with Gasteiger partial charge in [0.1, 0.15) is 17.4 Å². The van der Waals surface area contributed by atoms with Gasteiger partial charge in [-0.3, -0.25) is 0 Å². The molecule has 0 unspecified atom stereocenters. The van der Waals surface area contributed by atoms with Crippen LogP contribution in [0.1, 0.15) is 10.6 Å². The maximum absolute atomic E-state index is 5.78. The Labute approximate surface area is 124 Å². The highest BCUT2D eigenvalue weighted by atomic mass is 32.1. The number of aromatic nitrogens is 2. The molecule has 4 nitrogen and oxygen atoms in total. The van der Waals surface area contributed by atoms with Gasteiger partial charge >= 0.3 is 0 Å². The Morgan fingerprint density at radius 1 is 1.30 bits per heavy atom. The van der Waals surface area contributed by atoms with E-state index < -0.39 is 0 Å². The molecule has 0 aliphatic heterocycles. The lowest BCUT2D eigenvalue weighted by molar-refractivity contribution is 0.303. The van der Waals surface area contributed by atoms with Gasteiger partial charge in [0.15, 0.2) is 5.13 Å².